The van der Waals surface area contributed by atoms with Gasteiger partial charge in [0.2, 0.25) is 5.75 Å². The van der Waals surface area contributed by atoms with Crippen molar-refractivity contribution in [3.63, 3.8) is 0 Å². The number of hydrogen-bond acceptors (Lipinski definition) is 5. The van der Waals surface area contributed by atoms with E-state index in [4.69, 9.17) is 14.2 Å². The maximum absolute atomic E-state index is 12.9. The summed E-state index contributed by atoms with van der Waals surface area (Å²) in [6.07, 6.45) is 0. The predicted molar refractivity (Wildman–Crippen MR) is 77.4 cm³/mol. The van der Waals surface area contributed by atoms with E-state index in [9.17, 15) is 9.18 Å². The normalized spacial score (nSPS) is 10.0. The highest BCUT2D eigenvalue weighted by Gasteiger charge is 2.18. The first-order chi connectivity index (χ1) is 10.6. The van der Waals surface area contributed by atoms with Gasteiger partial charge < -0.3 is 18.9 Å². The zero-order chi connectivity index (χ0) is 16.1. The number of halogens is 1. The van der Waals surface area contributed by atoms with Crippen LogP contribution in [0, 0.1) is 5.82 Å². The summed E-state index contributed by atoms with van der Waals surface area (Å²) in [6, 6.07) is 8.46. The lowest BCUT2D eigenvalue weighted by Crippen LogP contribution is -2.04. The molecular formula is C16H15FO5. The molecule has 0 saturated heterocycles. The number of carbonyl (C=O) groups is 1. The maximum atomic E-state index is 12.9. The van der Waals surface area contributed by atoms with Gasteiger partial charge in [-0.3, -0.25) is 0 Å². The van der Waals surface area contributed by atoms with E-state index in [1.54, 1.807) is 0 Å². The van der Waals surface area contributed by atoms with Crippen LogP contribution in [0.5, 0.6) is 23.0 Å². The average Bonchev–Trinajstić information content (AvgIpc) is 2.56. The fourth-order valence-electron chi connectivity index (χ4n) is 1.84. The van der Waals surface area contributed by atoms with Crippen LogP contribution >= 0.6 is 0 Å². The summed E-state index contributed by atoms with van der Waals surface area (Å²) in [7, 11) is 4.16. The molecule has 6 heteroatoms. The van der Waals surface area contributed by atoms with Crippen LogP contribution in [0.25, 0.3) is 0 Å². The van der Waals surface area contributed by atoms with Crippen LogP contribution in [0.4, 0.5) is 4.39 Å². The van der Waals surface area contributed by atoms with Gasteiger partial charge in [-0.05, 0) is 36.4 Å². The Kier molecular flexibility index (Phi) is 4.83. The van der Waals surface area contributed by atoms with Crippen LogP contribution in [0.15, 0.2) is 36.4 Å². The number of methoxy groups -OCH3 is 3. The second-order valence-electron chi connectivity index (χ2n) is 4.26. The van der Waals surface area contributed by atoms with Gasteiger partial charge in [0.05, 0.1) is 26.9 Å². The van der Waals surface area contributed by atoms with E-state index >= 15 is 0 Å². The van der Waals surface area contributed by atoms with E-state index < -0.39 is 5.97 Å². The van der Waals surface area contributed by atoms with Gasteiger partial charge in [0.25, 0.3) is 0 Å². The molecule has 0 amide bonds. The molecule has 0 radical (unpaired) electrons. The summed E-state index contributed by atoms with van der Waals surface area (Å²) < 4.78 is 33.8. The molecule has 0 bridgehead atoms. The highest BCUT2D eigenvalue weighted by molar-refractivity contribution is 5.91. The number of benzene rings is 2. The Morgan fingerprint density at radius 3 is 1.95 bits per heavy atom. The van der Waals surface area contributed by atoms with Crippen LogP contribution in [0.1, 0.15) is 10.4 Å². The van der Waals surface area contributed by atoms with Crippen LogP contribution < -0.4 is 14.2 Å². The lowest BCUT2D eigenvalue weighted by atomic mass is 10.2. The largest absolute Gasteiger partial charge is 0.493 e. The summed E-state index contributed by atoms with van der Waals surface area (Å²) in [5, 5.41) is 0. The van der Waals surface area contributed by atoms with Crippen molar-refractivity contribution in [2.24, 2.45) is 0 Å². The molecule has 0 fully saturated rings. The first kappa shape index (κ1) is 15.6. The summed E-state index contributed by atoms with van der Waals surface area (Å²) in [5.41, 5.74) is 0.266. The molecule has 0 N–H and O–H groups in total. The smallest absolute Gasteiger partial charge is 0.338 e. The standard InChI is InChI=1S/C16H15FO5/c1-19-13-8-10(16(18)21-3)9-14(20-2)15(13)22-12-6-4-11(17)5-7-12/h4-9H,1-3H3. The summed E-state index contributed by atoms with van der Waals surface area (Å²) in [5.74, 6) is 0.387. The monoisotopic (exact) mass is 306 g/mol. The van der Waals surface area contributed by atoms with Crippen molar-refractivity contribution in [1.82, 2.24) is 0 Å². The van der Waals surface area contributed by atoms with Crippen molar-refractivity contribution in [1.29, 1.82) is 0 Å². The number of ether oxygens (including phenoxy) is 4. The van der Waals surface area contributed by atoms with Crippen LogP contribution in [-0.4, -0.2) is 27.3 Å². The van der Waals surface area contributed by atoms with Gasteiger partial charge in [0, 0.05) is 0 Å². The minimum atomic E-state index is -0.523. The lowest BCUT2D eigenvalue weighted by molar-refractivity contribution is 0.0600. The number of carbonyl (C=O) groups excluding carboxylic acids is 1. The second kappa shape index (κ2) is 6.80. The van der Waals surface area contributed by atoms with E-state index in [1.807, 2.05) is 0 Å². The molecule has 0 aliphatic rings. The summed E-state index contributed by atoms with van der Waals surface area (Å²) in [4.78, 5) is 11.6. The third-order valence-corrected chi connectivity index (χ3v) is 2.92. The molecule has 0 heterocycles. The second-order valence-corrected chi connectivity index (χ2v) is 4.26. The third-order valence-electron chi connectivity index (χ3n) is 2.92. The van der Waals surface area contributed by atoms with E-state index in [0.29, 0.717) is 17.2 Å². The summed E-state index contributed by atoms with van der Waals surface area (Å²) >= 11 is 0. The molecule has 0 saturated carbocycles. The fourth-order valence-corrected chi connectivity index (χ4v) is 1.84. The molecule has 0 aliphatic carbocycles. The number of rotatable bonds is 5. The highest BCUT2D eigenvalue weighted by atomic mass is 19.1. The van der Waals surface area contributed by atoms with Gasteiger partial charge in [0.1, 0.15) is 11.6 Å². The Bertz CT molecular complexity index is 642. The fraction of sp³-hybridized carbons (Fsp3) is 0.188. The molecule has 2 rings (SSSR count). The van der Waals surface area contributed by atoms with Crippen molar-refractivity contribution in [2.75, 3.05) is 21.3 Å². The Hall–Kier alpha value is -2.76. The quantitative estimate of drug-likeness (QED) is 0.792. The van der Waals surface area contributed by atoms with Crippen molar-refractivity contribution in [2.45, 2.75) is 0 Å². The Morgan fingerprint density at radius 2 is 1.50 bits per heavy atom. The molecule has 2 aromatic rings. The molecule has 2 aromatic carbocycles. The number of hydrogen-bond donors (Lipinski definition) is 0. The minimum absolute atomic E-state index is 0.266. The number of esters is 1. The first-order valence-electron chi connectivity index (χ1n) is 6.36. The van der Waals surface area contributed by atoms with Gasteiger partial charge in [0.15, 0.2) is 11.5 Å². The topological polar surface area (TPSA) is 54.0 Å². The third kappa shape index (κ3) is 3.28. The van der Waals surface area contributed by atoms with Crippen LogP contribution in [-0.2, 0) is 4.74 Å². The van der Waals surface area contributed by atoms with Crippen molar-refractivity contribution >= 4 is 5.97 Å². The van der Waals surface area contributed by atoms with E-state index in [1.165, 1.54) is 57.7 Å². The predicted octanol–water partition coefficient (Wildman–Crippen LogP) is 3.42. The maximum Gasteiger partial charge on any atom is 0.338 e. The lowest BCUT2D eigenvalue weighted by Gasteiger charge is -2.15. The van der Waals surface area contributed by atoms with E-state index in [2.05, 4.69) is 4.74 Å². The molecule has 5 nitrogen and oxygen atoms in total. The molecule has 22 heavy (non-hydrogen) atoms. The highest BCUT2D eigenvalue weighted by Crippen LogP contribution is 2.41. The van der Waals surface area contributed by atoms with Gasteiger partial charge in [-0.2, -0.15) is 0 Å². The average molecular weight is 306 g/mol. The van der Waals surface area contributed by atoms with Gasteiger partial charge in [-0.15, -0.1) is 0 Å². The molecule has 0 spiro atoms. The van der Waals surface area contributed by atoms with Crippen molar-refractivity contribution < 1.29 is 28.1 Å². The van der Waals surface area contributed by atoms with Crippen LogP contribution in [0.2, 0.25) is 0 Å². The van der Waals surface area contributed by atoms with Gasteiger partial charge >= 0.3 is 5.97 Å². The molecule has 116 valence electrons. The van der Waals surface area contributed by atoms with Crippen molar-refractivity contribution in [3.8, 4) is 23.0 Å². The van der Waals surface area contributed by atoms with E-state index in [-0.39, 0.29) is 17.1 Å². The Balaban J connectivity index is 2.44. The molecule has 0 aliphatic heterocycles. The SMILES string of the molecule is COC(=O)c1cc(OC)c(Oc2ccc(F)cc2)c(OC)c1. The zero-order valence-electron chi connectivity index (χ0n) is 12.4. The van der Waals surface area contributed by atoms with Crippen molar-refractivity contribution in [3.05, 3.63) is 47.8 Å². The zero-order valence-corrected chi connectivity index (χ0v) is 12.4. The molecule has 0 unspecified atom stereocenters. The molecule has 0 atom stereocenters. The van der Waals surface area contributed by atoms with Gasteiger partial charge in [-0.1, -0.05) is 0 Å². The van der Waals surface area contributed by atoms with Crippen LogP contribution in [0.3, 0.4) is 0 Å². The first-order valence-corrected chi connectivity index (χ1v) is 6.36. The Morgan fingerprint density at radius 1 is 0.955 bits per heavy atom. The summed E-state index contributed by atoms with van der Waals surface area (Å²) in [6.45, 7) is 0. The van der Waals surface area contributed by atoms with E-state index in [0.717, 1.165) is 0 Å². The Labute approximate surface area is 127 Å². The van der Waals surface area contributed by atoms with Gasteiger partial charge in [-0.25, -0.2) is 9.18 Å². The molecular weight excluding hydrogens is 291 g/mol. The minimum Gasteiger partial charge on any atom is -0.493 e. The molecule has 0 aromatic heterocycles.